The smallest absolute Gasteiger partial charge is 0.337 e. The molecule has 0 spiro atoms. The number of aryl methyl sites for hydroxylation is 1. The lowest BCUT2D eigenvalue weighted by molar-refractivity contribution is -0.159. The highest BCUT2D eigenvalue weighted by molar-refractivity contribution is 5.87. The van der Waals surface area contributed by atoms with Crippen LogP contribution in [0, 0.1) is 24.7 Å². The van der Waals surface area contributed by atoms with Gasteiger partial charge in [0, 0.05) is 24.5 Å². The van der Waals surface area contributed by atoms with Crippen LogP contribution in [0.3, 0.4) is 0 Å². The Labute approximate surface area is 221 Å². The standard InChI is InChI=1S/C29H43N5O3/c1-19(2)15-16-32-27(36)24-14-13-21(26(35)30-23-11-5-4-6-12-23)17-25(24)34-28(32)31-33(29(34)37)18-22-10-8-7-9-20(22)3/h7-10,19,21,23-25,28,31H,4-6,11-18H2,1-3H3,(H,30,35). The van der Waals surface area contributed by atoms with Gasteiger partial charge in [-0.25, -0.2) is 4.79 Å². The minimum absolute atomic E-state index is 0.0985. The number of hydrogen-bond acceptors (Lipinski definition) is 4. The monoisotopic (exact) mass is 509 g/mol. The van der Waals surface area contributed by atoms with Crippen molar-refractivity contribution in [1.82, 2.24) is 25.6 Å². The average Bonchev–Trinajstić information content (AvgIpc) is 3.21. The van der Waals surface area contributed by atoms with Crippen molar-refractivity contribution in [1.29, 1.82) is 0 Å². The van der Waals surface area contributed by atoms with Crippen LogP contribution in [0.5, 0.6) is 0 Å². The fourth-order valence-electron chi connectivity index (χ4n) is 6.62. The highest BCUT2D eigenvalue weighted by Crippen LogP contribution is 2.41. The van der Waals surface area contributed by atoms with Gasteiger partial charge in [-0.1, -0.05) is 57.4 Å². The number of fused-ring (bicyclic) bond motifs is 3. The molecule has 1 aromatic carbocycles. The summed E-state index contributed by atoms with van der Waals surface area (Å²) in [6.07, 6.45) is 8.00. The third-order valence-electron chi connectivity index (χ3n) is 8.92. The van der Waals surface area contributed by atoms with Gasteiger partial charge in [0.05, 0.1) is 12.5 Å². The Hall–Kier alpha value is -2.61. The van der Waals surface area contributed by atoms with Gasteiger partial charge in [-0.2, -0.15) is 5.43 Å². The second kappa shape index (κ2) is 11.0. The van der Waals surface area contributed by atoms with Crippen LogP contribution in [0.25, 0.3) is 0 Å². The molecule has 8 heteroatoms. The van der Waals surface area contributed by atoms with Crippen molar-refractivity contribution in [3.63, 3.8) is 0 Å². The van der Waals surface area contributed by atoms with Crippen molar-refractivity contribution >= 4 is 17.8 Å². The number of urea groups is 1. The summed E-state index contributed by atoms with van der Waals surface area (Å²) < 4.78 is 0. The van der Waals surface area contributed by atoms with E-state index in [1.54, 1.807) is 5.01 Å². The van der Waals surface area contributed by atoms with E-state index >= 15 is 0 Å². The van der Waals surface area contributed by atoms with Gasteiger partial charge >= 0.3 is 6.03 Å². The molecule has 4 fully saturated rings. The van der Waals surface area contributed by atoms with Gasteiger partial charge in [0.15, 0.2) is 6.29 Å². The van der Waals surface area contributed by atoms with Crippen LogP contribution in [-0.2, 0) is 16.1 Å². The van der Waals surface area contributed by atoms with Crippen LogP contribution in [-0.4, -0.2) is 57.6 Å². The van der Waals surface area contributed by atoms with E-state index in [1.165, 1.54) is 19.3 Å². The molecule has 4 unspecified atom stereocenters. The quantitative estimate of drug-likeness (QED) is 0.579. The highest BCUT2D eigenvalue weighted by atomic mass is 16.2. The van der Waals surface area contributed by atoms with E-state index in [9.17, 15) is 14.4 Å². The Morgan fingerprint density at radius 1 is 1.08 bits per heavy atom. The van der Waals surface area contributed by atoms with Crippen LogP contribution < -0.4 is 10.7 Å². The SMILES string of the molecule is Cc1ccccc1CN1NC2N(CCC(C)C)C(=O)C3CCC(C(=O)NC4CCCCC4)CC3N2C1=O. The molecule has 5 rings (SSSR count). The van der Waals surface area contributed by atoms with Gasteiger partial charge in [-0.3, -0.25) is 19.5 Å². The van der Waals surface area contributed by atoms with Gasteiger partial charge in [0.1, 0.15) is 0 Å². The minimum Gasteiger partial charge on any atom is -0.353 e. The molecule has 37 heavy (non-hydrogen) atoms. The third kappa shape index (κ3) is 5.35. The molecular weight excluding hydrogens is 466 g/mol. The fraction of sp³-hybridized carbons (Fsp3) is 0.690. The molecule has 1 aromatic rings. The molecule has 2 N–H and O–H groups in total. The Balaban J connectivity index is 1.36. The first kappa shape index (κ1) is 26.0. The van der Waals surface area contributed by atoms with Crippen LogP contribution >= 0.6 is 0 Å². The largest absolute Gasteiger partial charge is 0.353 e. The highest BCUT2D eigenvalue weighted by Gasteiger charge is 2.56. The molecule has 0 radical (unpaired) electrons. The summed E-state index contributed by atoms with van der Waals surface area (Å²) >= 11 is 0. The van der Waals surface area contributed by atoms with E-state index in [-0.39, 0.29) is 41.8 Å². The number of benzene rings is 1. The topological polar surface area (TPSA) is 85.0 Å². The van der Waals surface area contributed by atoms with Gasteiger partial charge < -0.3 is 10.2 Å². The lowest BCUT2D eigenvalue weighted by Crippen LogP contribution is -2.67. The van der Waals surface area contributed by atoms with E-state index in [4.69, 9.17) is 0 Å². The predicted molar refractivity (Wildman–Crippen MR) is 142 cm³/mol. The Bertz CT molecular complexity index is 1010. The molecule has 2 aliphatic carbocycles. The number of rotatable bonds is 7. The van der Waals surface area contributed by atoms with Crippen molar-refractivity contribution in [3.8, 4) is 0 Å². The summed E-state index contributed by atoms with van der Waals surface area (Å²) in [4.78, 5) is 44.6. The predicted octanol–water partition coefficient (Wildman–Crippen LogP) is 4.14. The number of carbonyl (C=O) groups is 3. The van der Waals surface area contributed by atoms with Crippen molar-refractivity contribution in [2.75, 3.05) is 6.54 Å². The molecule has 0 aromatic heterocycles. The summed E-state index contributed by atoms with van der Waals surface area (Å²) in [6.45, 7) is 7.42. The molecule has 4 amide bonds. The molecule has 202 valence electrons. The molecule has 2 saturated heterocycles. The molecule has 4 atom stereocenters. The zero-order chi connectivity index (χ0) is 26.1. The van der Waals surface area contributed by atoms with Crippen molar-refractivity contribution in [2.45, 2.75) is 103 Å². The van der Waals surface area contributed by atoms with Crippen molar-refractivity contribution in [2.24, 2.45) is 17.8 Å². The number of nitrogens with one attached hydrogen (secondary N) is 2. The van der Waals surface area contributed by atoms with Crippen molar-refractivity contribution < 1.29 is 14.4 Å². The van der Waals surface area contributed by atoms with Gasteiger partial charge in [-0.15, -0.1) is 0 Å². The Morgan fingerprint density at radius 3 is 2.57 bits per heavy atom. The second-order valence-corrected chi connectivity index (χ2v) is 11.9. The van der Waals surface area contributed by atoms with E-state index in [1.807, 2.05) is 41.0 Å². The molecule has 2 saturated carbocycles. The maximum Gasteiger partial charge on any atom is 0.337 e. The minimum atomic E-state index is -0.496. The maximum absolute atomic E-state index is 13.8. The average molecular weight is 510 g/mol. The fourth-order valence-corrected chi connectivity index (χ4v) is 6.62. The first-order chi connectivity index (χ1) is 17.8. The van der Waals surface area contributed by atoms with Crippen LogP contribution in [0.15, 0.2) is 24.3 Å². The van der Waals surface area contributed by atoms with Gasteiger partial charge in [0.2, 0.25) is 11.8 Å². The van der Waals surface area contributed by atoms with Crippen LogP contribution in [0.1, 0.15) is 82.8 Å². The van der Waals surface area contributed by atoms with E-state index in [0.717, 1.165) is 30.4 Å². The van der Waals surface area contributed by atoms with Crippen LogP contribution in [0.4, 0.5) is 4.79 Å². The second-order valence-electron chi connectivity index (χ2n) is 11.9. The summed E-state index contributed by atoms with van der Waals surface area (Å²) in [5.41, 5.74) is 5.59. The first-order valence-electron chi connectivity index (χ1n) is 14.3. The van der Waals surface area contributed by atoms with Crippen LogP contribution in [0.2, 0.25) is 0 Å². The summed E-state index contributed by atoms with van der Waals surface area (Å²) in [5, 5.41) is 4.96. The maximum atomic E-state index is 13.8. The molecule has 4 aliphatic rings. The Morgan fingerprint density at radius 2 is 1.84 bits per heavy atom. The van der Waals surface area contributed by atoms with Gasteiger partial charge in [-0.05, 0) is 62.5 Å². The molecule has 0 bridgehead atoms. The van der Waals surface area contributed by atoms with E-state index < -0.39 is 6.29 Å². The normalized spacial score (nSPS) is 28.5. The van der Waals surface area contributed by atoms with Crippen molar-refractivity contribution in [3.05, 3.63) is 35.4 Å². The van der Waals surface area contributed by atoms with Gasteiger partial charge in [0.25, 0.3) is 0 Å². The lowest BCUT2D eigenvalue weighted by Gasteiger charge is -2.50. The Kier molecular flexibility index (Phi) is 7.75. The lowest BCUT2D eigenvalue weighted by atomic mass is 9.75. The number of hydrogen-bond donors (Lipinski definition) is 2. The number of carbonyl (C=O) groups excluding carboxylic acids is 3. The molecule has 8 nitrogen and oxygen atoms in total. The molecular formula is C29H43N5O3. The zero-order valence-corrected chi connectivity index (χ0v) is 22.6. The summed E-state index contributed by atoms with van der Waals surface area (Å²) in [6, 6.07) is 7.99. The molecule has 2 heterocycles. The summed E-state index contributed by atoms with van der Waals surface area (Å²) in [7, 11) is 0. The van der Waals surface area contributed by atoms with E-state index in [0.29, 0.717) is 38.3 Å². The zero-order valence-electron chi connectivity index (χ0n) is 22.6. The number of hydrazine groups is 1. The number of nitrogens with zero attached hydrogens (tertiary/aromatic N) is 3. The number of amides is 4. The van der Waals surface area contributed by atoms with E-state index in [2.05, 4.69) is 24.6 Å². The first-order valence-corrected chi connectivity index (χ1v) is 14.3. The summed E-state index contributed by atoms with van der Waals surface area (Å²) in [5.74, 6) is 0.283. The third-order valence-corrected chi connectivity index (χ3v) is 8.92. The molecule has 2 aliphatic heterocycles.